The summed E-state index contributed by atoms with van der Waals surface area (Å²) in [5.41, 5.74) is 0.805. The summed E-state index contributed by atoms with van der Waals surface area (Å²) >= 11 is 0. The number of benzene rings is 1. The molecule has 3 rings (SSSR count). The van der Waals surface area contributed by atoms with Crippen LogP contribution >= 0.6 is 0 Å². The lowest BCUT2D eigenvalue weighted by Gasteiger charge is -2.12. The second-order valence-electron chi connectivity index (χ2n) is 5.14. The van der Waals surface area contributed by atoms with Gasteiger partial charge in [-0.05, 0) is 43.2 Å². The van der Waals surface area contributed by atoms with Crippen LogP contribution in [-0.2, 0) is 4.74 Å². The van der Waals surface area contributed by atoms with E-state index < -0.39 is 11.8 Å². The van der Waals surface area contributed by atoms with E-state index in [1.165, 1.54) is 6.07 Å². The van der Waals surface area contributed by atoms with Crippen LogP contribution in [0.4, 0.5) is 14.9 Å². The highest BCUT2D eigenvalue weighted by molar-refractivity contribution is 5.90. The van der Waals surface area contributed by atoms with E-state index in [1.54, 1.807) is 30.5 Å². The zero-order valence-electron chi connectivity index (χ0n) is 12.0. The van der Waals surface area contributed by atoms with Crippen molar-refractivity contribution in [2.24, 2.45) is 0 Å². The Morgan fingerprint density at radius 3 is 3.00 bits per heavy atom. The summed E-state index contributed by atoms with van der Waals surface area (Å²) in [6, 6.07) is 7.51. The Morgan fingerprint density at radius 1 is 1.36 bits per heavy atom. The molecule has 2 aromatic rings. The lowest BCUT2D eigenvalue weighted by atomic mass is 10.1. The Morgan fingerprint density at radius 2 is 2.27 bits per heavy atom. The van der Waals surface area contributed by atoms with Gasteiger partial charge in [0, 0.05) is 18.7 Å². The minimum Gasteiger partial charge on any atom is -0.464 e. The highest BCUT2D eigenvalue weighted by Gasteiger charge is 2.16. The zero-order chi connectivity index (χ0) is 15.4. The Bertz CT molecular complexity index is 637. The van der Waals surface area contributed by atoms with E-state index in [1.807, 2.05) is 0 Å². The van der Waals surface area contributed by atoms with Crippen molar-refractivity contribution in [1.29, 1.82) is 0 Å². The van der Waals surface area contributed by atoms with Crippen LogP contribution in [0.2, 0.25) is 0 Å². The molecule has 6 heteroatoms. The van der Waals surface area contributed by atoms with Gasteiger partial charge < -0.3 is 19.8 Å². The molecule has 0 spiro atoms. The van der Waals surface area contributed by atoms with Crippen LogP contribution in [0.3, 0.4) is 0 Å². The van der Waals surface area contributed by atoms with E-state index in [0.717, 1.165) is 19.4 Å². The average molecular weight is 304 g/mol. The minimum absolute atomic E-state index is 0.0463. The topological polar surface area (TPSA) is 63.5 Å². The maximum absolute atomic E-state index is 13.8. The van der Waals surface area contributed by atoms with Gasteiger partial charge in [-0.25, -0.2) is 9.18 Å². The molecule has 1 aliphatic rings. The van der Waals surface area contributed by atoms with E-state index in [4.69, 9.17) is 9.15 Å². The molecule has 1 aromatic carbocycles. The molecule has 0 aliphatic carbocycles. The Hall–Kier alpha value is -2.34. The minimum atomic E-state index is -0.498. The van der Waals surface area contributed by atoms with E-state index in [0.29, 0.717) is 17.9 Å². The van der Waals surface area contributed by atoms with Crippen molar-refractivity contribution in [1.82, 2.24) is 5.32 Å². The van der Waals surface area contributed by atoms with Crippen LogP contribution in [0.5, 0.6) is 0 Å². The quantitative estimate of drug-likeness (QED) is 0.910. The van der Waals surface area contributed by atoms with Crippen LogP contribution < -0.4 is 10.6 Å². The number of nitrogens with one attached hydrogen (secondary N) is 2. The second-order valence-corrected chi connectivity index (χ2v) is 5.14. The molecule has 2 amide bonds. The van der Waals surface area contributed by atoms with Gasteiger partial charge in [-0.3, -0.25) is 0 Å². The molecule has 1 saturated heterocycles. The number of hydrogen-bond donors (Lipinski definition) is 2. The van der Waals surface area contributed by atoms with E-state index >= 15 is 0 Å². The van der Waals surface area contributed by atoms with Gasteiger partial charge in [0.2, 0.25) is 0 Å². The standard InChI is InChI=1S/C16H17FN2O3/c17-13-6-5-11(15-4-2-8-22-15)9-14(13)19-16(20)18-10-12-3-1-7-21-12/h2,4-6,8-9,12H,1,3,7,10H2,(H2,18,19,20). The maximum Gasteiger partial charge on any atom is 0.319 e. The summed E-state index contributed by atoms with van der Waals surface area (Å²) in [5, 5.41) is 5.20. The summed E-state index contributed by atoms with van der Waals surface area (Å²) in [4.78, 5) is 11.9. The van der Waals surface area contributed by atoms with Gasteiger partial charge >= 0.3 is 6.03 Å². The van der Waals surface area contributed by atoms with Gasteiger partial charge in [0.1, 0.15) is 11.6 Å². The molecular formula is C16H17FN2O3. The lowest BCUT2D eigenvalue weighted by molar-refractivity contribution is 0.112. The summed E-state index contributed by atoms with van der Waals surface area (Å²) in [6.45, 7) is 1.15. The SMILES string of the molecule is O=C(NCC1CCCO1)Nc1cc(-c2ccco2)ccc1F. The number of halogens is 1. The predicted octanol–water partition coefficient (Wildman–Crippen LogP) is 3.39. The highest BCUT2D eigenvalue weighted by atomic mass is 19.1. The fourth-order valence-corrected chi connectivity index (χ4v) is 2.40. The summed E-state index contributed by atoms with van der Waals surface area (Å²) in [6.07, 6.45) is 3.53. The fraction of sp³-hybridized carbons (Fsp3) is 0.312. The Kier molecular flexibility index (Phi) is 4.39. The summed E-state index contributed by atoms with van der Waals surface area (Å²) in [7, 11) is 0. The highest BCUT2D eigenvalue weighted by Crippen LogP contribution is 2.25. The molecule has 2 N–H and O–H groups in total. The molecule has 22 heavy (non-hydrogen) atoms. The molecule has 0 radical (unpaired) electrons. The van der Waals surface area contributed by atoms with Crippen molar-refractivity contribution in [3.05, 3.63) is 42.4 Å². The van der Waals surface area contributed by atoms with Gasteiger partial charge in [0.25, 0.3) is 0 Å². The summed E-state index contributed by atoms with van der Waals surface area (Å²) < 4.78 is 24.5. The normalized spacial score (nSPS) is 17.4. The van der Waals surface area contributed by atoms with Crippen LogP contribution in [-0.4, -0.2) is 25.3 Å². The number of furan rings is 1. The second kappa shape index (κ2) is 6.62. The number of amides is 2. The van der Waals surface area contributed by atoms with Crippen LogP contribution in [0.25, 0.3) is 11.3 Å². The molecule has 0 saturated carbocycles. The van der Waals surface area contributed by atoms with E-state index in [9.17, 15) is 9.18 Å². The predicted molar refractivity (Wildman–Crippen MR) is 80.1 cm³/mol. The largest absolute Gasteiger partial charge is 0.464 e. The van der Waals surface area contributed by atoms with Gasteiger partial charge in [0.05, 0.1) is 18.1 Å². The number of rotatable bonds is 4. The van der Waals surface area contributed by atoms with Crippen molar-refractivity contribution in [2.45, 2.75) is 18.9 Å². The molecule has 0 bridgehead atoms. The number of hydrogen-bond acceptors (Lipinski definition) is 3. The molecule has 2 heterocycles. The molecule has 116 valence electrons. The number of carbonyl (C=O) groups is 1. The van der Waals surface area contributed by atoms with Crippen molar-refractivity contribution >= 4 is 11.7 Å². The lowest BCUT2D eigenvalue weighted by Crippen LogP contribution is -2.35. The van der Waals surface area contributed by atoms with Crippen molar-refractivity contribution in [3.63, 3.8) is 0 Å². The van der Waals surface area contributed by atoms with Crippen molar-refractivity contribution < 1.29 is 18.3 Å². The first-order valence-electron chi connectivity index (χ1n) is 7.22. The van der Waals surface area contributed by atoms with Gasteiger partial charge in [-0.1, -0.05) is 0 Å². The average Bonchev–Trinajstić information content (AvgIpc) is 3.21. The summed E-state index contributed by atoms with van der Waals surface area (Å²) in [5.74, 6) is 0.116. The smallest absolute Gasteiger partial charge is 0.319 e. The fourth-order valence-electron chi connectivity index (χ4n) is 2.40. The molecule has 1 unspecified atom stereocenters. The number of urea groups is 1. The van der Waals surface area contributed by atoms with Crippen molar-refractivity contribution in [3.8, 4) is 11.3 Å². The Labute approximate surface area is 127 Å². The molecule has 1 aliphatic heterocycles. The van der Waals surface area contributed by atoms with Crippen LogP contribution in [0.15, 0.2) is 41.0 Å². The molecule has 1 fully saturated rings. The third-order valence-electron chi connectivity index (χ3n) is 3.53. The van der Waals surface area contributed by atoms with Crippen LogP contribution in [0, 0.1) is 5.82 Å². The first kappa shape index (κ1) is 14.6. The monoisotopic (exact) mass is 304 g/mol. The third kappa shape index (κ3) is 3.46. The first-order chi connectivity index (χ1) is 10.7. The molecule has 5 nitrogen and oxygen atoms in total. The van der Waals surface area contributed by atoms with Gasteiger partial charge in [-0.2, -0.15) is 0 Å². The molecule has 1 atom stereocenters. The van der Waals surface area contributed by atoms with Crippen molar-refractivity contribution in [2.75, 3.05) is 18.5 Å². The molecular weight excluding hydrogens is 287 g/mol. The maximum atomic E-state index is 13.8. The van der Waals surface area contributed by atoms with Gasteiger partial charge in [0.15, 0.2) is 0 Å². The number of anilines is 1. The molecule has 1 aromatic heterocycles. The van der Waals surface area contributed by atoms with Crippen LogP contribution in [0.1, 0.15) is 12.8 Å². The Balaban J connectivity index is 1.63. The first-order valence-corrected chi connectivity index (χ1v) is 7.22. The van der Waals surface area contributed by atoms with Gasteiger partial charge in [-0.15, -0.1) is 0 Å². The zero-order valence-corrected chi connectivity index (χ0v) is 12.0. The third-order valence-corrected chi connectivity index (χ3v) is 3.53. The van der Waals surface area contributed by atoms with E-state index in [2.05, 4.69) is 10.6 Å². The number of ether oxygens (including phenoxy) is 1. The van der Waals surface area contributed by atoms with E-state index in [-0.39, 0.29) is 11.8 Å². The number of carbonyl (C=O) groups excluding carboxylic acids is 1.